The van der Waals surface area contributed by atoms with Gasteiger partial charge in [-0.15, -0.1) is 0 Å². The van der Waals surface area contributed by atoms with Gasteiger partial charge in [-0.2, -0.15) is 0 Å². The molecule has 4 nitrogen and oxygen atoms in total. The lowest BCUT2D eigenvalue weighted by molar-refractivity contribution is 0.0257. The fraction of sp³-hybridized carbons (Fsp3) is 0.625. The molecule has 1 N–H and O–H groups in total. The minimum absolute atomic E-state index is 0.301. The van der Waals surface area contributed by atoms with Crippen LogP contribution in [-0.2, 0) is 4.74 Å². The van der Waals surface area contributed by atoms with Crippen LogP contribution in [0.4, 0.5) is 5.69 Å². The van der Waals surface area contributed by atoms with Crippen molar-refractivity contribution in [2.24, 2.45) is 0 Å². The van der Waals surface area contributed by atoms with Gasteiger partial charge in [-0.25, -0.2) is 0 Å². The van der Waals surface area contributed by atoms with Gasteiger partial charge in [0.2, 0.25) is 0 Å². The van der Waals surface area contributed by atoms with Crippen molar-refractivity contribution in [1.82, 2.24) is 5.32 Å². The Bertz CT molecular complexity index is 411. The molecule has 3 rings (SSSR count). The molecular formula is C16H24N2O2. The molecule has 110 valence electrons. The van der Waals surface area contributed by atoms with E-state index < -0.39 is 0 Å². The van der Waals surface area contributed by atoms with Gasteiger partial charge in [0.25, 0.3) is 0 Å². The zero-order chi connectivity index (χ0) is 13.6. The van der Waals surface area contributed by atoms with E-state index in [0.29, 0.717) is 6.10 Å². The Balaban J connectivity index is 1.72. The zero-order valence-corrected chi connectivity index (χ0v) is 12.0. The highest BCUT2D eigenvalue weighted by atomic mass is 16.5. The molecule has 0 aliphatic carbocycles. The third kappa shape index (κ3) is 3.44. The number of nitrogens with one attached hydrogen (secondary N) is 1. The van der Waals surface area contributed by atoms with Gasteiger partial charge < -0.3 is 19.7 Å². The molecule has 2 fully saturated rings. The highest BCUT2D eigenvalue weighted by Gasteiger charge is 2.19. The largest absolute Gasteiger partial charge is 0.488 e. The summed E-state index contributed by atoms with van der Waals surface area (Å²) in [5.74, 6) is 1.03. The van der Waals surface area contributed by atoms with E-state index in [4.69, 9.17) is 9.47 Å². The van der Waals surface area contributed by atoms with Gasteiger partial charge in [0.05, 0.1) is 18.9 Å². The first-order valence-electron chi connectivity index (χ1n) is 7.72. The molecule has 20 heavy (non-hydrogen) atoms. The normalized spacial score (nSPS) is 21.5. The lowest BCUT2D eigenvalue weighted by atomic mass is 10.1. The quantitative estimate of drug-likeness (QED) is 0.916. The standard InChI is InChI=1S/C16H24N2O2/c1-2-5-16(20-14-6-12-19-13-7-14)15(4-1)18-10-3-8-17-9-11-18/h1-2,4-5,14,17H,3,6-13H2. The second kappa shape index (κ2) is 6.95. The van der Waals surface area contributed by atoms with E-state index in [0.717, 1.165) is 58.0 Å². The van der Waals surface area contributed by atoms with Crippen molar-refractivity contribution in [3.63, 3.8) is 0 Å². The molecule has 0 atom stereocenters. The summed E-state index contributed by atoms with van der Waals surface area (Å²) < 4.78 is 11.6. The number of hydrogen-bond donors (Lipinski definition) is 1. The molecule has 0 saturated carbocycles. The predicted molar refractivity (Wildman–Crippen MR) is 80.6 cm³/mol. The number of benzene rings is 1. The molecule has 4 heteroatoms. The molecule has 0 amide bonds. The van der Waals surface area contributed by atoms with E-state index in [-0.39, 0.29) is 0 Å². The molecule has 2 heterocycles. The molecule has 2 aliphatic heterocycles. The highest BCUT2D eigenvalue weighted by molar-refractivity contribution is 5.58. The van der Waals surface area contributed by atoms with Crippen LogP contribution in [0.2, 0.25) is 0 Å². The van der Waals surface area contributed by atoms with Crippen molar-refractivity contribution in [1.29, 1.82) is 0 Å². The molecule has 0 spiro atoms. The van der Waals surface area contributed by atoms with Crippen LogP contribution in [0, 0.1) is 0 Å². The number of ether oxygens (including phenoxy) is 2. The number of anilines is 1. The number of nitrogens with zero attached hydrogens (tertiary/aromatic N) is 1. The Hall–Kier alpha value is -1.26. The first kappa shape index (κ1) is 13.7. The fourth-order valence-electron chi connectivity index (χ4n) is 2.88. The van der Waals surface area contributed by atoms with Gasteiger partial charge >= 0.3 is 0 Å². The van der Waals surface area contributed by atoms with E-state index in [1.165, 1.54) is 12.1 Å². The average Bonchev–Trinajstić information content (AvgIpc) is 2.78. The molecule has 2 aliphatic rings. The molecular weight excluding hydrogens is 252 g/mol. The SMILES string of the molecule is c1ccc(N2CCCNCC2)c(OC2CCOCC2)c1. The maximum atomic E-state index is 6.24. The summed E-state index contributed by atoms with van der Waals surface area (Å²) in [7, 11) is 0. The number of para-hydroxylation sites is 2. The summed E-state index contributed by atoms with van der Waals surface area (Å²) in [5.41, 5.74) is 1.24. The lowest BCUT2D eigenvalue weighted by Crippen LogP contribution is -2.30. The van der Waals surface area contributed by atoms with Crippen molar-refractivity contribution in [2.75, 3.05) is 44.3 Å². The van der Waals surface area contributed by atoms with Crippen molar-refractivity contribution in [3.05, 3.63) is 24.3 Å². The van der Waals surface area contributed by atoms with Crippen LogP contribution in [0.15, 0.2) is 24.3 Å². The Morgan fingerprint density at radius 2 is 1.95 bits per heavy atom. The summed E-state index contributed by atoms with van der Waals surface area (Å²) in [6, 6.07) is 8.45. The van der Waals surface area contributed by atoms with E-state index in [1.807, 2.05) is 0 Å². The number of rotatable bonds is 3. The predicted octanol–water partition coefficient (Wildman–Crippen LogP) is 2.04. The van der Waals surface area contributed by atoms with Crippen LogP contribution in [0.5, 0.6) is 5.75 Å². The monoisotopic (exact) mass is 276 g/mol. The fourth-order valence-corrected chi connectivity index (χ4v) is 2.88. The summed E-state index contributed by atoms with van der Waals surface area (Å²) >= 11 is 0. The second-order valence-electron chi connectivity index (χ2n) is 5.49. The van der Waals surface area contributed by atoms with E-state index >= 15 is 0 Å². The van der Waals surface area contributed by atoms with Crippen LogP contribution in [-0.4, -0.2) is 45.5 Å². The van der Waals surface area contributed by atoms with Crippen molar-refractivity contribution >= 4 is 5.69 Å². The van der Waals surface area contributed by atoms with Crippen LogP contribution < -0.4 is 15.0 Å². The summed E-state index contributed by atoms with van der Waals surface area (Å²) in [6.45, 7) is 5.95. The van der Waals surface area contributed by atoms with Gasteiger partial charge in [-0.3, -0.25) is 0 Å². The Labute approximate surface area is 121 Å². The second-order valence-corrected chi connectivity index (χ2v) is 5.49. The van der Waals surface area contributed by atoms with E-state index in [1.54, 1.807) is 0 Å². The molecule has 0 aromatic heterocycles. The first-order valence-corrected chi connectivity index (χ1v) is 7.72. The number of hydrogen-bond acceptors (Lipinski definition) is 4. The molecule has 2 saturated heterocycles. The van der Waals surface area contributed by atoms with Crippen LogP contribution >= 0.6 is 0 Å². The molecule has 0 bridgehead atoms. The summed E-state index contributed by atoms with van der Waals surface area (Å²) in [4.78, 5) is 2.44. The van der Waals surface area contributed by atoms with Crippen molar-refractivity contribution < 1.29 is 9.47 Å². The van der Waals surface area contributed by atoms with Crippen LogP contribution in [0.25, 0.3) is 0 Å². The molecule has 0 unspecified atom stereocenters. The lowest BCUT2D eigenvalue weighted by Gasteiger charge is -2.28. The van der Waals surface area contributed by atoms with Gasteiger partial charge in [-0.05, 0) is 25.1 Å². The smallest absolute Gasteiger partial charge is 0.143 e. The Kier molecular flexibility index (Phi) is 4.77. The van der Waals surface area contributed by atoms with Gasteiger partial charge in [0, 0.05) is 32.5 Å². The Morgan fingerprint density at radius 1 is 1.10 bits per heavy atom. The summed E-state index contributed by atoms with van der Waals surface area (Å²) in [6.07, 6.45) is 3.48. The average molecular weight is 276 g/mol. The minimum atomic E-state index is 0.301. The van der Waals surface area contributed by atoms with Gasteiger partial charge in [0.1, 0.15) is 11.9 Å². The van der Waals surface area contributed by atoms with E-state index in [2.05, 4.69) is 34.5 Å². The first-order chi connectivity index (χ1) is 9.93. The highest BCUT2D eigenvalue weighted by Crippen LogP contribution is 2.30. The molecule has 1 aromatic rings. The van der Waals surface area contributed by atoms with Gasteiger partial charge in [-0.1, -0.05) is 12.1 Å². The van der Waals surface area contributed by atoms with Crippen molar-refractivity contribution in [2.45, 2.75) is 25.4 Å². The topological polar surface area (TPSA) is 33.7 Å². The van der Waals surface area contributed by atoms with Crippen LogP contribution in [0.1, 0.15) is 19.3 Å². The molecule has 1 aromatic carbocycles. The summed E-state index contributed by atoms with van der Waals surface area (Å²) in [5, 5.41) is 3.45. The maximum absolute atomic E-state index is 6.24. The van der Waals surface area contributed by atoms with E-state index in [9.17, 15) is 0 Å². The Morgan fingerprint density at radius 3 is 2.85 bits per heavy atom. The third-order valence-electron chi connectivity index (χ3n) is 4.01. The molecule has 0 radical (unpaired) electrons. The minimum Gasteiger partial charge on any atom is -0.488 e. The maximum Gasteiger partial charge on any atom is 0.143 e. The zero-order valence-electron chi connectivity index (χ0n) is 12.0. The van der Waals surface area contributed by atoms with Crippen LogP contribution in [0.3, 0.4) is 0 Å². The van der Waals surface area contributed by atoms with Gasteiger partial charge in [0.15, 0.2) is 0 Å². The van der Waals surface area contributed by atoms with Crippen molar-refractivity contribution in [3.8, 4) is 5.75 Å². The third-order valence-corrected chi connectivity index (χ3v) is 4.01.